The fourth-order valence-corrected chi connectivity index (χ4v) is 2.72. The van der Waals surface area contributed by atoms with Gasteiger partial charge >= 0.3 is 0 Å². The van der Waals surface area contributed by atoms with Crippen molar-refractivity contribution in [3.05, 3.63) is 35.6 Å². The van der Waals surface area contributed by atoms with E-state index in [0.29, 0.717) is 31.0 Å². The van der Waals surface area contributed by atoms with Crippen LogP contribution in [0.1, 0.15) is 36.0 Å². The fraction of sp³-hybridized carbons (Fsp3) is 0.529. The molecule has 1 fully saturated rings. The fourth-order valence-electron chi connectivity index (χ4n) is 2.72. The maximum atomic E-state index is 12.8. The van der Waals surface area contributed by atoms with Gasteiger partial charge in [-0.15, -0.1) is 0 Å². The number of hydrogen-bond donors (Lipinski definition) is 2. The number of carbonyl (C=O) groups excluding carboxylic acids is 2. The van der Waals surface area contributed by atoms with E-state index in [4.69, 9.17) is 0 Å². The lowest BCUT2D eigenvalue weighted by Crippen LogP contribution is -2.44. The SMILES string of the molecule is CNC1CCN(C(=O)CCCNC(=O)c2ccc(F)cc2)CC1. The second-order valence-corrected chi connectivity index (χ2v) is 5.81. The Morgan fingerprint density at radius 2 is 1.87 bits per heavy atom. The standard InChI is InChI=1S/C17H24FN3O2/c1-19-15-8-11-21(12-9-15)16(22)3-2-10-20-17(23)13-4-6-14(18)7-5-13/h4-7,15,19H,2-3,8-12H2,1H3,(H,20,23). The van der Waals surface area contributed by atoms with Gasteiger partial charge < -0.3 is 15.5 Å². The Morgan fingerprint density at radius 1 is 1.22 bits per heavy atom. The molecule has 126 valence electrons. The summed E-state index contributed by atoms with van der Waals surface area (Å²) < 4.78 is 12.8. The van der Waals surface area contributed by atoms with E-state index in [1.54, 1.807) is 0 Å². The average molecular weight is 321 g/mol. The van der Waals surface area contributed by atoms with Crippen LogP contribution < -0.4 is 10.6 Å². The first kappa shape index (κ1) is 17.4. The van der Waals surface area contributed by atoms with Crippen LogP contribution >= 0.6 is 0 Å². The van der Waals surface area contributed by atoms with Gasteiger partial charge in [0.1, 0.15) is 5.82 Å². The number of nitrogens with one attached hydrogen (secondary N) is 2. The van der Waals surface area contributed by atoms with Gasteiger partial charge in [0.2, 0.25) is 5.91 Å². The van der Waals surface area contributed by atoms with E-state index in [-0.39, 0.29) is 17.6 Å². The minimum absolute atomic E-state index is 0.149. The Bertz CT molecular complexity index is 525. The van der Waals surface area contributed by atoms with Gasteiger partial charge in [-0.25, -0.2) is 4.39 Å². The van der Waals surface area contributed by atoms with Crippen molar-refractivity contribution in [3.8, 4) is 0 Å². The molecule has 2 amide bonds. The second kappa shape index (κ2) is 8.62. The van der Waals surface area contributed by atoms with E-state index in [2.05, 4.69) is 10.6 Å². The van der Waals surface area contributed by atoms with Crippen molar-refractivity contribution in [1.29, 1.82) is 0 Å². The Morgan fingerprint density at radius 3 is 2.48 bits per heavy atom. The largest absolute Gasteiger partial charge is 0.352 e. The van der Waals surface area contributed by atoms with Crippen molar-refractivity contribution in [2.75, 3.05) is 26.7 Å². The van der Waals surface area contributed by atoms with Crippen LogP contribution in [0.3, 0.4) is 0 Å². The maximum Gasteiger partial charge on any atom is 0.251 e. The van der Waals surface area contributed by atoms with Gasteiger partial charge in [-0.2, -0.15) is 0 Å². The molecule has 0 unspecified atom stereocenters. The van der Waals surface area contributed by atoms with Crippen LogP contribution in [-0.4, -0.2) is 49.4 Å². The minimum atomic E-state index is -0.366. The molecule has 0 spiro atoms. The molecule has 1 aromatic rings. The smallest absolute Gasteiger partial charge is 0.251 e. The van der Waals surface area contributed by atoms with Crippen LogP contribution in [0.2, 0.25) is 0 Å². The van der Waals surface area contributed by atoms with E-state index < -0.39 is 0 Å². The number of likely N-dealkylation sites (tertiary alicyclic amines) is 1. The first-order valence-corrected chi connectivity index (χ1v) is 8.09. The predicted molar refractivity (Wildman–Crippen MR) is 86.6 cm³/mol. The van der Waals surface area contributed by atoms with Gasteiger partial charge in [-0.1, -0.05) is 0 Å². The minimum Gasteiger partial charge on any atom is -0.352 e. The molecule has 1 saturated heterocycles. The quantitative estimate of drug-likeness (QED) is 0.782. The summed E-state index contributed by atoms with van der Waals surface area (Å²) in [6, 6.07) is 5.92. The highest BCUT2D eigenvalue weighted by Gasteiger charge is 2.21. The molecule has 1 heterocycles. The normalized spacial score (nSPS) is 15.5. The average Bonchev–Trinajstić information content (AvgIpc) is 2.59. The summed E-state index contributed by atoms with van der Waals surface area (Å²) in [6.07, 6.45) is 3.03. The van der Waals surface area contributed by atoms with Gasteiger partial charge in [0, 0.05) is 37.7 Å². The molecule has 6 heteroatoms. The van der Waals surface area contributed by atoms with E-state index in [9.17, 15) is 14.0 Å². The summed E-state index contributed by atoms with van der Waals surface area (Å²) in [4.78, 5) is 25.8. The lowest BCUT2D eigenvalue weighted by molar-refractivity contribution is -0.132. The predicted octanol–water partition coefficient (Wildman–Crippen LogP) is 1.55. The summed E-state index contributed by atoms with van der Waals surface area (Å²) in [7, 11) is 1.95. The molecular weight excluding hydrogens is 297 g/mol. The van der Waals surface area contributed by atoms with Gasteiger partial charge in [-0.05, 0) is 50.6 Å². The molecule has 0 bridgehead atoms. The number of rotatable bonds is 6. The van der Waals surface area contributed by atoms with Crippen LogP contribution in [-0.2, 0) is 4.79 Å². The Labute approximate surface area is 136 Å². The van der Waals surface area contributed by atoms with E-state index >= 15 is 0 Å². The van der Waals surface area contributed by atoms with Crippen molar-refractivity contribution in [1.82, 2.24) is 15.5 Å². The molecule has 5 nitrogen and oxygen atoms in total. The molecule has 2 N–H and O–H groups in total. The Kier molecular flexibility index (Phi) is 6.52. The summed E-state index contributed by atoms with van der Waals surface area (Å²) in [5, 5.41) is 5.99. The van der Waals surface area contributed by atoms with Crippen molar-refractivity contribution >= 4 is 11.8 Å². The molecule has 23 heavy (non-hydrogen) atoms. The number of halogens is 1. The van der Waals surface area contributed by atoms with Gasteiger partial charge in [-0.3, -0.25) is 9.59 Å². The van der Waals surface area contributed by atoms with Crippen molar-refractivity contribution in [3.63, 3.8) is 0 Å². The van der Waals surface area contributed by atoms with Crippen LogP contribution in [0.15, 0.2) is 24.3 Å². The van der Waals surface area contributed by atoms with Crippen LogP contribution in [0, 0.1) is 5.82 Å². The van der Waals surface area contributed by atoms with Gasteiger partial charge in [0.05, 0.1) is 0 Å². The monoisotopic (exact) mass is 321 g/mol. The topological polar surface area (TPSA) is 61.4 Å². The molecule has 0 atom stereocenters. The summed E-state index contributed by atoms with van der Waals surface area (Å²) in [5.41, 5.74) is 0.423. The first-order valence-electron chi connectivity index (χ1n) is 8.09. The molecular formula is C17H24FN3O2. The Balaban J connectivity index is 1.64. The number of benzene rings is 1. The number of nitrogens with zero attached hydrogens (tertiary/aromatic N) is 1. The molecule has 0 aliphatic carbocycles. The van der Waals surface area contributed by atoms with E-state index in [0.717, 1.165) is 25.9 Å². The third-order valence-corrected chi connectivity index (χ3v) is 4.22. The third kappa shape index (κ3) is 5.32. The highest BCUT2D eigenvalue weighted by molar-refractivity contribution is 5.94. The summed E-state index contributed by atoms with van der Waals surface area (Å²) in [5.74, 6) is -0.461. The van der Waals surface area contributed by atoms with Gasteiger partial charge in [0.25, 0.3) is 5.91 Å². The Hall–Kier alpha value is -1.95. The number of carbonyl (C=O) groups is 2. The van der Waals surface area contributed by atoms with Crippen molar-refractivity contribution in [2.45, 2.75) is 31.7 Å². The lowest BCUT2D eigenvalue weighted by Gasteiger charge is -2.31. The molecule has 0 aromatic heterocycles. The van der Waals surface area contributed by atoms with Crippen molar-refractivity contribution < 1.29 is 14.0 Å². The zero-order valence-corrected chi connectivity index (χ0v) is 13.5. The number of hydrogen-bond acceptors (Lipinski definition) is 3. The summed E-state index contributed by atoms with van der Waals surface area (Å²) in [6.45, 7) is 2.04. The van der Waals surface area contributed by atoms with Crippen LogP contribution in [0.5, 0.6) is 0 Å². The highest BCUT2D eigenvalue weighted by Crippen LogP contribution is 2.11. The number of piperidine rings is 1. The van der Waals surface area contributed by atoms with E-state index in [1.165, 1.54) is 24.3 Å². The van der Waals surface area contributed by atoms with E-state index in [1.807, 2.05) is 11.9 Å². The molecule has 2 rings (SSSR count). The zero-order chi connectivity index (χ0) is 16.7. The maximum absolute atomic E-state index is 12.8. The summed E-state index contributed by atoms with van der Waals surface area (Å²) >= 11 is 0. The molecule has 1 aliphatic heterocycles. The van der Waals surface area contributed by atoms with Crippen LogP contribution in [0.25, 0.3) is 0 Å². The lowest BCUT2D eigenvalue weighted by atomic mass is 10.0. The van der Waals surface area contributed by atoms with Crippen molar-refractivity contribution in [2.24, 2.45) is 0 Å². The molecule has 1 aliphatic rings. The molecule has 0 radical (unpaired) electrons. The third-order valence-electron chi connectivity index (χ3n) is 4.22. The van der Waals surface area contributed by atoms with Crippen LogP contribution in [0.4, 0.5) is 4.39 Å². The first-order chi connectivity index (χ1) is 11.1. The molecule has 1 aromatic carbocycles. The highest BCUT2D eigenvalue weighted by atomic mass is 19.1. The zero-order valence-electron chi connectivity index (χ0n) is 13.5. The number of amides is 2. The molecule has 0 saturated carbocycles. The van der Waals surface area contributed by atoms with Gasteiger partial charge in [0.15, 0.2) is 0 Å². The second-order valence-electron chi connectivity index (χ2n) is 5.81.